The molecule has 1 N–H and O–H groups in total. The molecular formula is C8H9BrO4S2. The van der Waals surface area contributed by atoms with E-state index in [1.54, 1.807) is 12.1 Å². The summed E-state index contributed by atoms with van der Waals surface area (Å²) in [7, 11) is -3.30. The van der Waals surface area contributed by atoms with Gasteiger partial charge in [-0.1, -0.05) is 0 Å². The minimum absolute atomic E-state index is 0.366. The maximum absolute atomic E-state index is 11.1. The molecule has 0 radical (unpaired) electrons. The summed E-state index contributed by atoms with van der Waals surface area (Å²) in [5.41, 5.74) is 0. The lowest BCUT2D eigenvalue weighted by Crippen LogP contribution is -2.20. The fourth-order valence-electron chi connectivity index (χ4n) is 1.09. The topological polar surface area (TPSA) is 71.4 Å². The van der Waals surface area contributed by atoms with E-state index in [1.165, 1.54) is 11.3 Å². The molecule has 1 rings (SSSR count). The lowest BCUT2D eigenvalue weighted by atomic mass is 10.1. The second-order valence-electron chi connectivity index (χ2n) is 3.13. The smallest absolute Gasteiger partial charge is 0.312 e. The Morgan fingerprint density at radius 3 is 2.53 bits per heavy atom. The van der Waals surface area contributed by atoms with E-state index in [9.17, 15) is 13.2 Å². The summed E-state index contributed by atoms with van der Waals surface area (Å²) in [5.74, 6) is -2.46. The number of carbonyl (C=O) groups is 1. The number of halogens is 1. The van der Waals surface area contributed by atoms with Gasteiger partial charge in [-0.3, -0.25) is 4.79 Å². The van der Waals surface area contributed by atoms with Crippen LogP contribution in [0, 0.1) is 0 Å². The highest BCUT2D eigenvalue weighted by Gasteiger charge is 2.25. The molecule has 0 saturated heterocycles. The number of hydrogen-bond donors (Lipinski definition) is 1. The SMILES string of the molecule is CS(=O)(=O)CC(C(=O)O)c1ccc(Br)s1. The van der Waals surface area contributed by atoms with Gasteiger partial charge in [-0.2, -0.15) is 0 Å². The molecule has 84 valence electrons. The van der Waals surface area contributed by atoms with Gasteiger partial charge in [-0.15, -0.1) is 11.3 Å². The van der Waals surface area contributed by atoms with Crippen LogP contribution < -0.4 is 0 Å². The van der Waals surface area contributed by atoms with Gasteiger partial charge in [0, 0.05) is 11.1 Å². The van der Waals surface area contributed by atoms with E-state index < -0.39 is 21.7 Å². The first kappa shape index (κ1) is 12.7. The van der Waals surface area contributed by atoms with Crippen molar-refractivity contribution in [2.75, 3.05) is 12.0 Å². The Labute approximate surface area is 100.0 Å². The second-order valence-corrected chi connectivity index (χ2v) is 7.80. The highest BCUT2D eigenvalue weighted by molar-refractivity contribution is 9.11. The average molecular weight is 313 g/mol. The summed E-state index contributed by atoms with van der Waals surface area (Å²) in [6.07, 6.45) is 1.03. The molecule has 0 amide bonds. The molecule has 4 nitrogen and oxygen atoms in total. The number of hydrogen-bond acceptors (Lipinski definition) is 4. The molecule has 1 unspecified atom stereocenters. The molecule has 0 aliphatic carbocycles. The van der Waals surface area contributed by atoms with Crippen LogP contribution in [0.1, 0.15) is 10.8 Å². The van der Waals surface area contributed by atoms with Crippen molar-refractivity contribution in [3.05, 3.63) is 20.8 Å². The van der Waals surface area contributed by atoms with Crippen molar-refractivity contribution in [1.29, 1.82) is 0 Å². The molecular weight excluding hydrogens is 304 g/mol. The van der Waals surface area contributed by atoms with Crippen LogP contribution in [-0.2, 0) is 14.6 Å². The molecule has 15 heavy (non-hydrogen) atoms. The van der Waals surface area contributed by atoms with Gasteiger partial charge in [0.25, 0.3) is 0 Å². The van der Waals surface area contributed by atoms with Crippen molar-refractivity contribution in [2.45, 2.75) is 5.92 Å². The molecule has 0 aromatic carbocycles. The zero-order valence-electron chi connectivity index (χ0n) is 7.81. The molecule has 0 saturated carbocycles. The Morgan fingerprint density at radius 1 is 1.60 bits per heavy atom. The van der Waals surface area contributed by atoms with Gasteiger partial charge < -0.3 is 5.11 Å². The Kier molecular flexibility index (Phi) is 3.91. The van der Waals surface area contributed by atoms with Crippen molar-refractivity contribution in [1.82, 2.24) is 0 Å². The molecule has 1 aromatic heterocycles. The van der Waals surface area contributed by atoms with Crippen molar-refractivity contribution >= 4 is 43.1 Å². The van der Waals surface area contributed by atoms with E-state index in [2.05, 4.69) is 15.9 Å². The van der Waals surface area contributed by atoms with Crippen LogP contribution in [0.5, 0.6) is 0 Å². The predicted octanol–water partition coefficient (Wildman–Crippen LogP) is 1.72. The highest BCUT2D eigenvalue weighted by Crippen LogP contribution is 2.29. The van der Waals surface area contributed by atoms with E-state index in [-0.39, 0.29) is 5.75 Å². The minimum Gasteiger partial charge on any atom is -0.481 e. The quantitative estimate of drug-likeness (QED) is 0.919. The third-order valence-corrected chi connectivity index (χ3v) is 4.38. The van der Waals surface area contributed by atoms with E-state index in [1.807, 2.05) is 0 Å². The van der Waals surface area contributed by atoms with Crippen molar-refractivity contribution in [2.24, 2.45) is 0 Å². The van der Waals surface area contributed by atoms with Crippen LogP contribution >= 0.6 is 27.3 Å². The van der Waals surface area contributed by atoms with Crippen LogP contribution in [0.3, 0.4) is 0 Å². The molecule has 0 fully saturated rings. The first-order chi connectivity index (χ1) is 6.79. The Morgan fingerprint density at radius 2 is 2.20 bits per heavy atom. The van der Waals surface area contributed by atoms with E-state index >= 15 is 0 Å². The molecule has 0 aliphatic heterocycles. The maximum atomic E-state index is 11.1. The number of sulfone groups is 1. The largest absolute Gasteiger partial charge is 0.481 e. The molecule has 0 bridgehead atoms. The second kappa shape index (κ2) is 4.63. The third kappa shape index (κ3) is 3.92. The number of thiophene rings is 1. The molecule has 1 atom stereocenters. The highest BCUT2D eigenvalue weighted by atomic mass is 79.9. The maximum Gasteiger partial charge on any atom is 0.312 e. The van der Waals surface area contributed by atoms with Crippen LogP contribution in [0.2, 0.25) is 0 Å². The summed E-state index contributed by atoms with van der Waals surface area (Å²) in [4.78, 5) is 11.5. The monoisotopic (exact) mass is 312 g/mol. The molecule has 1 heterocycles. The average Bonchev–Trinajstić information content (AvgIpc) is 2.45. The Balaban J connectivity index is 2.99. The summed E-state index contributed by atoms with van der Waals surface area (Å²) in [6.45, 7) is 0. The lowest BCUT2D eigenvalue weighted by molar-refractivity contribution is -0.138. The minimum atomic E-state index is -3.30. The van der Waals surface area contributed by atoms with Gasteiger partial charge in [0.05, 0.1) is 9.54 Å². The first-order valence-corrected chi connectivity index (χ1v) is 7.62. The van der Waals surface area contributed by atoms with Crippen LogP contribution in [-0.4, -0.2) is 31.5 Å². The van der Waals surface area contributed by atoms with Crippen LogP contribution in [0.4, 0.5) is 0 Å². The fourth-order valence-corrected chi connectivity index (χ4v) is 3.64. The summed E-state index contributed by atoms with van der Waals surface area (Å²) in [5, 5.41) is 8.93. The lowest BCUT2D eigenvalue weighted by Gasteiger charge is -2.08. The first-order valence-electron chi connectivity index (χ1n) is 3.95. The van der Waals surface area contributed by atoms with Crippen molar-refractivity contribution in [3.63, 3.8) is 0 Å². The van der Waals surface area contributed by atoms with Gasteiger partial charge in [0.15, 0.2) is 0 Å². The molecule has 1 aromatic rings. The normalized spacial score (nSPS) is 13.7. The van der Waals surface area contributed by atoms with E-state index in [4.69, 9.17) is 5.11 Å². The summed E-state index contributed by atoms with van der Waals surface area (Å²) >= 11 is 4.44. The van der Waals surface area contributed by atoms with E-state index in [0.29, 0.717) is 4.88 Å². The molecule has 7 heteroatoms. The fraction of sp³-hybridized carbons (Fsp3) is 0.375. The van der Waals surface area contributed by atoms with Crippen LogP contribution in [0.15, 0.2) is 15.9 Å². The van der Waals surface area contributed by atoms with Gasteiger partial charge >= 0.3 is 5.97 Å². The number of aliphatic carboxylic acids is 1. The third-order valence-electron chi connectivity index (χ3n) is 1.70. The van der Waals surface area contributed by atoms with Gasteiger partial charge in [-0.05, 0) is 28.1 Å². The standard InChI is InChI=1S/C8H9BrO4S2/c1-15(12,13)4-5(8(10)11)6-2-3-7(9)14-6/h2-3,5H,4H2,1H3,(H,10,11). The molecule has 0 aliphatic rings. The number of rotatable bonds is 4. The predicted molar refractivity (Wildman–Crippen MR) is 62.1 cm³/mol. The Bertz CT molecular complexity index is 463. The summed E-state index contributed by atoms with van der Waals surface area (Å²) < 4.78 is 22.9. The summed E-state index contributed by atoms with van der Waals surface area (Å²) in [6, 6.07) is 3.33. The zero-order chi connectivity index (χ0) is 11.6. The Hall–Kier alpha value is -0.400. The molecule has 0 spiro atoms. The number of carboxylic acid groups (broad SMARTS) is 1. The van der Waals surface area contributed by atoms with E-state index in [0.717, 1.165) is 10.0 Å². The van der Waals surface area contributed by atoms with Gasteiger partial charge in [0.2, 0.25) is 0 Å². The van der Waals surface area contributed by atoms with Crippen LogP contribution in [0.25, 0.3) is 0 Å². The van der Waals surface area contributed by atoms with Crippen molar-refractivity contribution < 1.29 is 18.3 Å². The van der Waals surface area contributed by atoms with Crippen molar-refractivity contribution in [3.8, 4) is 0 Å². The zero-order valence-corrected chi connectivity index (χ0v) is 11.0. The van der Waals surface area contributed by atoms with Gasteiger partial charge in [0.1, 0.15) is 15.8 Å². The van der Waals surface area contributed by atoms with Gasteiger partial charge in [-0.25, -0.2) is 8.42 Å². The number of carboxylic acids is 1.